The van der Waals surface area contributed by atoms with E-state index in [1.54, 1.807) is 6.92 Å². The van der Waals surface area contributed by atoms with E-state index in [0.717, 1.165) is 12.1 Å². The molecule has 5 nitrogen and oxygen atoms in total. The van der Waals surface area contributed by atoms with E-state index in [-0.39, 0.29) is 18.4 Å². The molecule has 0 unspecified atom stereocenters. The Kier molecular flexibility index (Phi) is 3.59. The van der Waals surface area contributed by atoms with Crippen LogP contribution in [0.1, 0.15) is 24.1 Å². The molecular weight excluding hydrogens is 311 g/mol. The molecule has 0 aliphatic carbocycles. The zero-order valence-electron chi connectivity index (χ0n) is 12.4. The minimum atomic E-state index is -4.40. The first kappa shape index (κ1) is 15.8. The van der Waals surface area contributed by atoms with Crippen molar-refractivity contribution in [1.82, 2.24) is 15.5 Å². The van der Waals surface area contributed by atoms with Gasteiger partial charge in [-0.15, -0.1) is 0 Å². The molecule has 2 aliphatic heterocycles. The Morgan fingerprint density at radius 1 is 1.17 bits per heavy atom. The first-order valence-electron chi connectivity index (χ1n) is 7.24. The van der Waals surface area contributed by atoms with E-state index in [1.807, 2.05) is 0 Å². The highest BCUT2D eigenvalue weighted by Gasteiger charge is 2.55. The molecule has 2 saturated heterocycles. The van der Waals surface area contributed by atoms with Crippen LogP contribution in [0.5, 0.6) is 0 Å². The second kappa shape index (κ2) is 5.23. The van der Waals surface area contributed by atoms with Gasteiger partial charge in [0.2, 0.25) is 11.8 Å². The summed E-state index contributed by atoms with van der Waals surface area (Å²) in [5.74, 6) is -0.465. The number of nitrogens with one attached hydrogen (secondary N) is 2. The number of rotatable bonds is 2. The molecule has 1 aromatic rings. The van der Waals surface area contributed by atoms with Crippen LogP contribution in [0, 0.1) is 0 Å². The van der Waals surface area contributed by atoms with Crippen molar-refractivity contribution >= 4 is 11.8 Å². The van der Waals surface area contributed by atoms with Crippen molar-refractivity contribution in [1.29, 1.82) is 0 Å². The quantitative estimate of drug-likeness (QED) is 0.854. The molecule has 2 fully saturated rings. The first-order chi connectivity index (χ1) is 10.8. The van der Waals surface area contributed by atoms with E-state index in [9.17, 15) is 22.8 Å². The van der Waals surface area contributed by atoms with Crippen LogP contribution in [0.15, 0.2) is 24.3 Å². The smallest absolute Gasteiger partial charge is 0.345 e. The van der Waals surface area contributed by atoms with Crippen LogP contribution >= 0.6 is 0 Å². The molecule has 0 bridgehead atoms. The van der Waals surface area contributed by atoms with Gasteiger partial charge in [-0.1, -0.05) is 12.1 Å². The summed E-state index contributed by atoms with van der Waals surface area (Å²) >= 11 is 0. The molecule has 1 atom stereocenters. The highest BCUT2D eigenvalue weighted by atomic mass is 19.4. The number of hydrogen-bond donors (Lipinski definition) is 2. The van der Waals surface area contributed by atoms with Gasteiger partial charge in [0.1, 0.15) is 5.54 Å². The minimum Gasteiger partial charge on any atom is -0.345 e. The summed E-state index contributed by atoms with van der Waals surface area (Å²) < 4.78 is 37.9. The summed E-state index contributed by atoms with van der Waals surface area (Å²) in [6, 6.07) is 4.20. The van der Waals surface area contributed by atoms with Crippen LogP contribution in [0.3, 0.4) is 0 Å². The van der Waals surface area contributed by atoms with Crippen LogP contribution in [0.25, 0.3) is 0 Å². The molecule has 1 spiro atoms. The molecule has 3 rings (SSSR count). The van der Waals surface area contributed by atoms with E-state index >= 15 is 0 Å². The van der Waals surface area contributed by atoms with Crippen molar-refractivity contribution in [3.05, 3.63) is 35.4 Å². The normalized spacial score (nSPS) is 21.8. The molecular formula is C15H16F3N3O2. The van der Waals surface area contributed by atoms with E-state index in [4.69, 9.17) is 0 Å². The third-order valence-electron chi connectivity index (χ3n) is 4.50. The monoisotopic (exact) mass is 327 g/mol. The highest BCUT2D eigenvalue weighted by Crippen LogP contribution is 2.35. The van der Waals surface area contributed by atoms with Crippen molar-refractivity contribution in [2.24, 2.45) is 0 Å². The topological polar surface area (TPSA) is 61.4 Å². The van der Waals surface area contributed by atoms with Crippen LogP contribution in [0.2, 0.25) is 0 Å². The van der Waals surface area contributed by atoms with Gasteiger partial charge in [0.25, 0.3) is 0 Å². The Bertz CT molecular complexity index is 638. The zero-order chi connectivity index (χ0) is 16.8. The maximum atomic E-state index is 12.6. The second-order valence-electron chi connectivity index (χ2n) is 5.88. The summed E-state index contributed by atoms with van der Waals surface area (Å²) in [5.41, 5.74) is -1.12. The zero-order valence-corrected chi connectivity index (χ0v) is 12.4. The Balaban J connectivity index is 1.90. The Hall–Kier alpha value is -2.09. The molecule has 0 radical (unpaired) electrons. The minimum absolute atomic E-state index is 0.0917. The fraction of sp³-hybridized carbons (Fsp3) is 0.467. The number of carbonyl (C=O) groups is 2. The lowest BCUT2D eigenvalue weighted by Crippen LogP contribution is -2.79. The maximum Gasteiger partial charge on any atom is 0.416 e. The lowest BCUT2D eigenvalue weighted by molar-refractivity contribution is -0.161. The summed E-state index contributed by atoms with van der Waals surface area (Å²) in [5, 5.41) is 5.56. The first-order valence-corrected chi connectivity index (χ1v) is 7.24. The molecule has 0 saturated carbocycles. The third-order valence-corrected chi connectivity index (χ3v) is 4.50. The predicted molar refractivity (Wildman–Crippen MR) is 75.3 cm³/mol. The number of amides is 2. The summed E-state index contributed by atoms with van der Waals surface area (Å²) in [6.07, 6.45) is -4.40. The number of alkyl halides is 3. The molecule has 1 aromatic carbocycles. The van der Waals surface area contributed by atoms with E-state index in [1.165, 1.54) is 17.0 Å². The van der Waals surface area contributed by atoms with Crippen molar-refractivity contribution in [2.75, 3.05) is 19.6 Å². The van der Waals surface area contributed by atoms with Crippen molar-refractivity contribution < 1.29 is 22.8 Å². The Labute approximate surface area is 130 Å². The van der Waals surface area contributed by atoms with Gasteiger partial charge in [-0.05, 0) is 24.6 Å². The van der Waals surface area contributed by atoms with Gasteiger partial charge in [-0.25, -0.2) is 0 Å². The molecule has 2 heterocycles. The summed E-state index contributed by atoms with van der Waals surface area (Å²) in [4.78, 5) is 26.0. The number of carbonyl (C=O) groups excluding carboxylic acids is 2. The fourth-order valence-corrected chi connectivity index (χ4v) is 3.13. The number of piperazine rings is 1. The van der Waals surface area contributed by atoms with Gasteiger partial charge >= 0.3 is 6.18 Å². The molecule has 2 aliphatic rings. The predicted octanol–water partition coefficient (Wildman–Crippen LogP) is 1.07. The third kappa shape index (κ3) is 2.46. The van der Waals surface area contributed by atoms with Crippen LogP contribution in [0.4, 0.5) is 13.2 Å². The molecule has 23 heavy (non-hydrogen) atoms. The number of benzene rings is 1. The van der Waals surface area contributed by atoms with Gasteiger partial charge in [-0.3, -0.25) is 9.59 Å². The number of nitrogens with zero attached hydrogens (tertiary/aromatic N) is 1. The maximum absolute atomic E-state index is 12.6. The average Bonchev–Trinajstić information content (AvgIpc) is 2.46. The second-order valence-corrected chi connectivity index (χ2v) is 5.88. The number of hydrogen-bond acceptors (Lipinski definition) is 3. The van der Waals surface area contributed by atoms with Gasteiger partial charge in [0.15, 0.2) is 0 Å². The standard InChI is InChI=1S/C15H16F3N3O2/c1-9(10-2-4-11(5-3-10)15(16,17)18)21-12(22)6-20-13(23)14(21)7-19-8-14/h2-5,9,19H,6-8H2,1H3,(H,20,23)/t9-/m0/s1. The van der Waals surface area contributed by atoms with Gasteiger partial charge in [0.05, 0.1) is 18.2 Å². The highest BCUT2D eigenvalue weighted by molar-refractivity contribution is 5.99. The van der Waals surface area contributed by atoms with Crippen molar-refractivity contribution in [3.63, 3.8) is 0 Å². The van der Waals surface area contributed by atoms with Crippen LogP contribution in [-0.2, 0) is 15.8 Å². The average molecular weight is 327 g/mol. The van der Waals surface area contributed by atoms with Crippen LogP contribution in [-0.4, -0.2) is 41.9 Å². The molecule has 2 amide bonds. The lowest BCUT2D eigenvalue weighted by Gasteiger charge is -2.53. The molecule has 124 valence electrons. The largest absolute Gasteiger partial charge is 0.416 e. The number of halogens is 3. The molecule has 8 heteroatoms. The lowest BCUT2D eigenvalue weighted by atomic mass is 9.84. The Morgan fingerprint density at radius 3 is 2.26 bits per heavy atom. The summed E-state index contributed by atoms with van der Waals surface area (Å²) in [6.45, 7) is 2.32. The van der Waals surface area contributed by atoms with Crippen LogP contribution < -0.4 is 10.6 Å². The van der Waals surface area contributed by atoms with Gasteiger partial charge in [-0.2, -0.15) is 13.2 Å². The SMILES string of the molecule is C[C@@H](c1ccc(C(F)(F)F)cc1)N1C(=O)CNC(=O)C12CNC2. The van der Waals surface area contributed by atoms with E-state index in [0.29, 0.717) is 18.7 Å². The fourth-order valence-electron chi connectivity index (χ4n) is 3.13. The molecule has 0 aromatic heterocycles. The molecule has 2 N–H and O–H groups in total. The van der Waals surface area contributed by atoms with Gasteiger partial charge in [0, 0.05) is 13.1 Å². The van der Waals surface area contributed by atoms with E-state index < -0.39 is 23.3 Å². The van der Waals surface area contributed by atoms with E-state index in [2.05, 4.69) is 10.6 Å². The summed E-state index contributed by atoms with van der Waals surface area (Å²) in [7, 11) is 0. The van der Waals surface area contributed by atoms with Gasteiger partial charge < -0.3 is 15.5 Å². The Morgan fingerprint density at radius 2 is 1.78 bits per heavy atom. The van der Waals surface area contributed by atoms with Crippen molar-refractivity contribution in [3.8, 4) is 0 Å². The van der Waals surface area contributed by atoms with Crippen molar-refractivity contribution in [2.45, 2.75) is 24.7 Å².